The Morgan fingerprint density at radius 1 is 1.28 bits per heavy atom. The molecular weight excluding hydrogens is 232 g/mol. The van der Waals surface area contributed by atoms with Crippen LogP contribution in [-0.2, 0) is 9.59 Å². The number of carbonyl (C=O) groups is 2. The van der Waals surface area contributed by atoms with E-state index in [1.165, 1.54) is 4.90 Å². The van der Waals surface area contributed by atoms with Crippen molar-refractivity contribution in [1.29, 1.82) is 0 Å². The van der Waals surface area contributed by atoms with Crippen LogP contribution < -0.4 is 5.32 Å². The summed E-state index contributed by atoms with van der Waals surface area (Å²) in [7, 11) is 1.57. The van der Waals surface area contributed by atoms with Gasteiger partial charge in [-0.05, 0) is 18.6 Å². The SMILES string of the molecule is CN(CC(=O)Nc1ccccc1)C(=O)CCCO. The van der Waals surface area contributed by atoms with Gasteiger partial charge in [-0.1, -0.05) is 18.2 Å². The van der Waals surface area contributed by atoms with Crippen molar-refractivity contribution in [2.45, 2.75) is 12.8 Å². The second-order valence-corrected chi connectivity index (χ2v) is 3.99. The summed E-state index contributed by atoms with van der Waals surface area (Å²) >= 11 is 0. The number of hydrogen-bond acceptors (Lipinski definition) is 3. The van der Waals surface area contributed by atoms with Gasteiger partial charge in [0.25, 0.3) is 0 Å². The number of rotatable bonds is 6. The highest BCUT2D eigenvalue weighted by molar-refractivity contribution is 5.94. The van der Waals surface area contributed by atoms with Gasteiger partial charge in [-0.15, -0.1) is 0 Å². The Hall–Kier alpha value is -1.88. The lowest BCUT2D eigenvalue weighted by Gasteiger charge is -2.16. The van der Waals surface area contributed by atoms with E-state index >= 15 is 0 Å². The molecule has 0 fully saturated rings. The number of likely N-dealkylation sites (N-methyl/N-ethyl adjacent to an activating group) is 1. The van der Waals surface area contributed by atoms with Gasteiger partial charge < -0.3 is 15.3 Å². The number of anilines is 1. The molecule has 0 saturated heterocycles. The molecule has 0 bridgehead atoms. The average molecular weight is 250 g/mol. The number of carbonyl (C=O) groups excluding carboxylic acids is 2. The lowest BCUT2D eigenvalue weighted by atomic mass is 10.3. The molecule has 0 spiro atoms. The zero-order chi connectivity index (χ0) is 13.4. The van der Waals surface area contributed by atoms with Crippen LogP contribution in [0.4, 0.5) is 5.69 Å². The summed E-state index contributed by atoms with van der Waals surface area (Å²) in [5.74, 6) is -0.381. The molecule has 1 rings (SSSR count). The van der Waals surface area contributed by atoms with Crippen LogP contribution in [0.3, 0.4) is 0 Å². The molecule has 0 unspecified atom stereocenters. The molecule has 18 heavy (non-hydrogen) atoms. The first kappa shape index (κ1) is 14.2. The Kier molecular flexibility index (Phi) is 5.87. The number of hydrogen-bond donors (Lipinski definition) is 2. The van der Waals surface area contributed by atoms with Crippen LogP contribution in [0, 0.1) is 0 Å². The molecule has 0 radical (unpaired) electrons. The van der Waals surface area contributed by atoms with Gasteiger partial charge in [-0.2, -0.15) is 0 Å². The van der Waals surface area contributed by atoms with E-state index in [1.807, 2.05) is 18.2 Å². The molecule has 5 heteroatoms. The van der Waals surface area contributed by atoms with Gasteiger partial charge in [-0.25, -0.2) is 0 Å². The van der Waals surface area contributed by atoms with Gasteiger partial charge in [0.1, 0.15) is 0 Å². The first-order valence-electron chi connectivity index (χ1n) is 5.83. The van der Waals surface area contributed by atoms with E-state index in [0.29, 0.717) is 12.1 Å². The van der Waals surface area contributed by atoms with Crippen molar-refractivity contribution in [3.63, 3.8) is 0 Å². The van der Waals surface area contributed by atoms with Crippen LogP contribution in [0.1, 0.15) is 12.8 Å². The number of amides is 2. The fourth-order valence-corrected chi connectivity index (χ4v) is 1.45. The molecule has 0 heterocycles. The Bertz CT molecular complexity index is 392. The van der Waals surface area contributed by atoms with Crippen LogP contribution in [0.5, 0.6) is 0 Å². The minimum Gasteiger partial charge on any atom is -0.396 e. The number of aliphatic hydroxyl groups excluding tert-OH is 1. The summed E-state index contributed by atoms with van der Waals surface area (Å²) in [6, 6.07) is 9.08. The second kappa shape index (κ2) is 7.45. The van der Waals surface area contributed by atoms with Gasteiger partial charge in [0, 0.05) is 25.8 Å². The number of nitrogens with one attached hydrogen (secondary N) is 1. The number of para-hydroxylation sites is 1. The Labute approximate surface area is 106 Å². The molecule has 0 saturated carbocycles. The maximum absolute atomic E-state index is 11.6. The molecule has 0 aliphatic carbocycles. The third-order valence-corrected chi connectivity index (χ3v) is 2.41. The van der Waals surface area contributed by atoms with E-state index in [9.17, 15) is 9.59 Å². The normalized spacial score (nSPS) is 9.89. The van der Waals surface area contributed by atoms with E-state index in [2.05, 4.69) is 5.32 Å². The average Bonchev–Trinajstić information content (AvgIpc) is 2.36. The number of benzene rings is 1. The minimum absolute atomic E-state index is 0.0131. The van der Waals surface area contributed by atoms with Crippen molar-refractivity contribution in [2.24, 2.45) is 0 Å². The van der Waals surface area contributed by atoms with E-state index < -0.39 is 0 Å². The summed E-state index contributed by atoms with van der Waals surface area (Å²) in [5.41, 5.74) is 0.707. The molecule has 0 atom stereocenters. The highest BCUT2D eigenvalue weighted by atomic mass is 16.3. The molecule has 1 aromatic rings. The Morgan fingerprint density at radius 3 is 2.56 bits per heavy atom. The van der Waals surface area contributed by atoms with Gasteiger partial charge in [0.15, 0.2) is 0 Å². The third-order valence-electron chi connectivity index (χ3n) is 2.41. The number of aliphatic hydroxyl groups is 1. The first-order valence-corrected chi connectivity index (χ1v) is 5.83. The Morgan fingerprint density at radius 2 is 1.94 bits per heavy atom. The fourth-order valence-electron chi connectivity index (χ4n) is 1.45. The van der Waals surface area contributed by atoms with Crippen LogP contribution in [0.15, 0.2) is 30.3 Å². The van der Waals surface area contributed by atoms with Crippen LogP contribution in [0.25, 0.3) is 0 Å². The van der Waals surface area contributed by atoms with E-state index in [-0.39, 0.29) is 31.4 Å². The van der Waals surface area contributed by atoms with Gasteiger partial charge in [0.2, 0.25) is 11.8 Å². The summed E-state index contributed by atoms with van der Waals surface area (Å²) in [5, 5.41) is 11.3. The topological polar surface area (TPSA) is 69.6 Å². The fraction of sp³-hybridized carbons (Fsp3) is 0.385. The van der Waals surface area contributed by atoms with E-state index in [4.69, 9.17) is 5.11 Å². The van der Waals surface area contributed by atoms with Gasteiger partial charge in [0.05, 0.1) is 6.54 Å². The monoisotopic (exact) mass is 250 g/mol. The summed E-state index contributed by atoms with van der Waals surface area (Å²) in [4.78, 5) is 24.5. The van der Waals surface area contributed by atoms with Crippen molar-refractivity contribution in [1.82, 2.24) is 4.90 Å². The van der Waals surface area contributed by atoms with Crippen molar-refractivity contribution < 1.29 is 14.7 Å². The smallest absolute Gasteiger partial charge is 0.243 e. The maximum Gasteiger partial charge on any atom is 0.243 e. The molecule has 1 aromatic carbocycles. The molecule has 0 aromatic heterocycles. The van der Waals surface area contributed by atoms with E-state index in [0.717, 1.165) is 0 Å². The van der Waals surface area contributed by atoms with Crippen LogP contribution in [-0.4, -0.2) is 42.0 Å². The summed E-state index contributed by atoms with van der Waals surface area (Å²) < 4.78 is 0. The number of nitrogens with zero attached hydrogens (tertiary/aromatic N) is 1. The third kappa shape index (κ3) is 4.97. The first-order chi connectivity index (χ1) is 8.63. The van der Waals surface area contributed by atoms with E-state index in [1.54, 1.807) is 19.2 Å². The minimum atomic E-state index is -0.235. The molecule has 0 aliphatic heterocycles. The van der Waals surface area contributed by atoms with Crippen molar-refractivity contribution >= 4 is 17.5 Å². The molecule has 98 valence electrons. The highest BCUT2D eigenvalue weighted by Crippen LogP contribution is 2.05. The quantitative estimate of drug-likeness (QED) is 0.786. The lowest BCUT2D eigenvalue weighted by molar-refractivity contribution is -0.133. The highest BCUT2D eigenvalue weighted by Gasteiger charge is 2.12. The maximum atomic E-state index is 11.6. The predicted molar refractivity (Wildman–Crippen MR) is 69.0 cm³/mol. The van der Waals surface area contributed by atoms with Gasteiger partial charge in [-0.3, -0.25) is 9.59 Å². The largest absolute Gasteiger partial charge is 0.396 e. The standard InChI is InChI=1S/C13H18N2O3/c1-15(13(18)8-5-9-16)10-12(17)14-11-6-3-2-4-7-11/h2-4,6-7,16H,5,8-10H2,1H3,(H,14,17). The molecule has 2 N–H and O–H groups in total. The summed E-state index contributed by atoms with van der Waals surface area (Å²) in [6.45, 7) is -0.00501. The molecule has 2 amide bonds. The second-order valence-electron chi connectivity index (χ2n) is 3.99. The zero-order valence-corrected chi connectivity index (χ0v) is 10.4. The van der Waals surface area contributed by atoms with Crippen molar-refractivity contribution in [3.05, 3.63) is 30.3 Å². The van der Waals surface area contributed by atoms with Gasteiger partial charge >= 0.3 is 0 Å². The predicted octanol–water partition coefficient (Wildman–Crippen LogP) is 0.856. The zero-order valence-electron chi connectivity index (χ0n) is 10.4. The van der Waals surface area contributed by atoms with Crippen molar-refractivity contribution in [3.8, 4) is 0 Å². The molecular formula is C13H18N2O3. The molecule has 5 nitrogen and oxygen atoms in total. The van der Waals surface area contributed by atoms with Crippen molar-refractivity contribution in [2.75, 3.05) is 25.5 Å². The van der Waals surface area contributed by atoms with Crippen LogP contribution in [0.2, 0.25) is 0 Å². The lowest BCUT2D eigenvalue weighted by Crippen LogP contribution is -2.34. The molecule has 0 aliphatic rings. The van der Waals surface area contributed by atoms with Crippen LogP contribution >= 0.6 is 0 Å². The Balaban J connectivity index is 2.38. The summed E-state index contributed by atoms with van der Waals surface area (Å²) in [6.07, 6.45) is 0.676.